The lowest BCUT2D eigenvalue weighted by Gasteiger charge is -2.26. The van der Waals surface area contributed by atoms with E-state index >= 15 is 0 Å². The molecule has 0 saturated heterocycles. The highest BCUT2D eigenvalue weighted by molar-refractivity contribution is 7.89. The fourth-order valence-electron chi connectivity index (χ4n) is 2.37. The van der Waals surface area contributed by atoms with Crippen LogP contribution in [0.2, 0.25) is 0 Å². The number of rotatable bonds is 5. The van der Waals surface area contributed by atoms with E-state index in [9.17, 15) is 8.42 Å². The van der Waals surface area contributed by atoms with Gasteiger partial charge in [-0.15, -0.1) is 0 Å². The van der Waals surface area contributed by atoms with Gasteiger partial charge < -0.3 is 5.11 Å². The van der Waals surface area contributed by atoms with Gasteiger partial charge in [-0.2, -0.15) is 5.10 Å². The highest BCUT2D eigenvalue weighted by Crippen LogP contribution is 2.24. The molecule has 1 aliphatic carbocycles. The summed E-state index contributed by atoms with van der Waals surface area (Å²) in [5.74, 6) is 0.688. The molecular weight excluding hydrogens is 266 g/mol. The third kappa shape index (κ3) is 3.77. The van der Waals surface area contributed by atoms with Crippen molar-refractivity contribution in [2.75, 3.05) is 6.61 Å². The number of nitrogens with zero attached hydrogens (tertiary/aromatic N) is 2. The first-order chi connectivity index (χ1) is 9.01. The molecule has 0 atom stereocenters. The SMILES string of the molecule is CC1CCC(NS(=O)(=O)c2cnn(CCO)c2)CC1. The number of sulfonamides is 1. The van der Waals surface area contributed by atoms with Crippen LogP contribution in [0.1, 0.15) is 32.6 Å². The number of hydrogen-bond donors (Lipinski definition) is 2. The molecular formula is C12H21N3O3S. The van der Waals surface area contributed by atoms with Crippen LogP contribution in [-0.2, 0) is 16.6 Å². The minimum Gasteiger partial charge on any atom is -0.394 e. The summed E-state index contributed by atoms with van der Waals surface area (Å²) >= 11 is 0. The van der Waals surface area contributed by atoms with E-state index in [1.807, 2.05) is 0 Å². The Balaban J connectivity index is 2.01. The zero-order chi connectivity index (χ0) is 13.9. The Morgan fingerprint density at radius 1 is 1.42 bits per heavy atom. The van der Waals surface area contributed by atoms with Gasteiger partial charge in [-0.3, -0.25) is 4.68 Å². The van der Waals surface area contributed by atoms with Crippen molar-refractivity contribution < 1.29 is 13.5 Å². The first-order valence-corrected chi connectivity index (χ1v) is 8.15. The lowest BCUT2D eigenvalue weighted by Crippen LogP contribution is -2.37. The van der Waals surface area contributed by atoms with Crippen LogP contribution in [0.4, 0.5) is 0 Å². The normalized spacial score (nSPS) is 24.5. The van der Waals surface area contributed by atoms with Gasteiger partial charge in [0.15, 0.2) is 0 Å². The third-order valence-corrected chi connectivity index (χ3v) is 5.06. The molecule has 0 aliphatic heterocycles. The van der Waals surface area contributed by atoms with Gasteiger partial charge in [0, 0.05) is 12.2 Å². The summed E-state index contributed by atoms with van der Waals surface area (Å²) in [6, 6.07) is 0.0300. The standard InChI is InChI=1S/C12H21N3O3S/c1-10-2-4-11(5-3-10)14-19(17,18)12-8-13-15(9-12)6-7-16/h8-11,14,16H,2-7H2,1H3. The Hall–Kier alpha value is -0.920. The number of aliphatic hydroxyl groups excluding tert-OH is 1. The molecule has 0 spiro atoms. The summed E-state index contributed by atoms with van der Waals surface area (Å²) < 4.78 is 28.5. The van der Waals surface area contributed by atoms with E-state index in [0.717, 1.165) is 25.7 Å². The fourth-order valence-corrected chi connectivity index (χ4v) is 3.63. The second kappa shape index (κ2) is 6.02. The summed E-state index contributed by atoms with van der Waals surface area (Å²) in [7, 11) is -3.49. The second-order valence-corrected chi connectivity index (χ2v) is 6.95. The van der Waals surface area contributed by atoms with E-state index in [0.29, 0.717) is 12.5 Å². The van der Waals surface area contributed by atoms with Crippen LogP contribution >= 0.6 is 0 Å². The number of hydrogen-bond acceptors (Lipinski definition) is 4. The molecule has 7 heteroatoms. The maximum Gasteiger partial charge on any atom is 0.243 e. The minimum absolute atomic E-state index is 0.0300. The van der Waals surface area contributed by atoms with Crippen molar-refractivity contribution in [1.82, 2.24) is 14.5 Å². The monoisotopic (exact) mass is 287 g/mol. The molecule has 2 N–H and O–H groups in total. The summed E-state index contributed by atoms with van der Waals surface area (Å²) in [6.45, 7) is 2.44. The molecule has 1 saturated carbocycles. The summed E-state index contributed by atoms with van der Waals surface area (Å²) in [5, 5.41) is 12.7. The zero-order valence-electron chi connectivity index (χ0n) is 11.1. The van der Waals surface area contributed by atoms with Crippen LogP contribution in [0.5, 0.6) is 0 Å². The Kier molecular flexibility index (Phi) is 4.59. The van der Waals surface area contributed by atoms with E-state index < -0.39 is 10.0 Å². The molecule has 0 radical (unpaired) electrons. The van der Waals surface area contributed by atoms with E-state index in [1.165, 1.54) is 17.1 Å². The molecule has 1 heterocycles. The molecule has 1 aromatic rings. The van der Waals surface area contributed by atoms with Crippen molar-refractivity contribution in [3.05, 3.63) is 12.4 Å². The van der Waals surface area contributed by atoms with Crippen molar-refractivity contribution in [2.45, 2.75) is 50.1 Å². The lowest BCUT2D eigenvalue weighted by molar-refractivity contribution is 0.269. The van der Waals surface area contributed by atoms with Gasteiger partial charge in [-0.1, -0.05) is 6.92 Å². The van der Waals surface area contributed by atoms with Crippen molar-refractivity contribution in [1.29, 1.82) is 0 Å². The van der Waals surface area contributed by atoms with Gasteiger partial charge in [0.25, 0.3) is 0 Å². The highest BCUT2D eigenvalue weighted by Gasteiger charge is 2.24. The summed E-state index contributed by atoms with van der Waals surface area (Å²) in [4.78, 5) is 0.166. The van der Waals surface area contributed by atoms with Gasteiger partial charge in [-0.25, -0.2) is 13.1 Å². The Morgan fingerprint density at radius 2 is 2.11 bits per heavy atom. The number of nitrogens with one attached hydrogen (secondary N) is 1. The van der Waals surface area contributed by atoms with Crippen LogP contribution in [0.15, 0.2) is 17.3 Å². The second-order valence-electron chi connectivity index (χ2n) is 5.24. The molecule has 0 bridgehead atoms. The lowest BCUT2D eigenvalue weighted by atomic mass is 9.88. The van der Waals surface area contributed by atoms with Crippen LogP contribution in [0.3, 0.4) is 0 Å². The summed E-state index contributed by atoms with van der Waals surface area (Å²) in [5.41, 5.74) is 0. The van der Waals surface area contributed by atoms with Gasteiger partial charge in [0.2, 0.25) is 10.0 Å². The van der Waals surface area contributed by atoms with Crippen molar-refractivity contribution in [3.8, 4) is 0 Å². The van der Waals surface area contributed by atoms with Crippen LogP contribution in [-0.4, -0.2) is 36.0 Å². The average molecular weight is 287 g/mol. The quantitative estimate of drug-likeness (QED) is 0.836. The van der Waals surface area contributed by atoms with E-state index in [1.54, 1.807) is 0 Å². The van der Waals surface area contributed by atoms with Crippen molar-refractivity contribution >= 4 is 10.0 Å². The van der Waals surface area contributed by atoms with Gasteiger partial charge >= 0.3 is 0 Å². The Morgan fingerprint density at radius 3 is 2.74 bits per heavy atom. The Bertz CT molecular complexity index is 504. The maximum absolute atomic E-state index is 12.2. The minimum atomic E-state index is -3.49. The van der Waals surface area contributed by atoms with Crippen molar-refractivity contribution in [3.63, 3.8) is 0 Å². The predicted octanol–water partition coefficient (Wildman–Crippen LogP) is 0.732. The highest BCUT2D eigenvalue weighted by atomic mass is 32.2. The van der Waals surface area contributed by atoms with Crippen LogP contribution in [0.25, 0.3) is 0 Å². The molecule has 1 aliphatic rings. The maximum atomic E-state index is 12.2. The molecule has 6 nitrogen and oxygen atoms in total. The molecule has 1 aromatic heterocycles. The first kappa shape index (κ1) is 14.5. The Labute approximate surface area is 113 Å². The molecule has 108 valence electrons. The number of aliphatic hydroxyl groups is 1. The smallest absolute Gasteiger partial charge is 0.243 e. The van der Waals surface area contributed by atoms with Crippen molar-refractivity contribution in [2.24, 2.45) is 5.92 Å². The van der Waals surface area contributed by atoms with E-state index in [-0.39, 0.29) is 17.5 Å². The fraction of sp³-hybridized carbons (Fsp3) is 0.750. The molecule has 0 amide bonds. The third-order valence-electron chi connectivity index (χ3n) is 3.59. The molecule has 1 fully saturated rings. The van der Waals surface area contributed by atoms with E-state index in [2.05, 4.69) is 16.7 Å². The molecule has 19 heavy (non-hydrogen) atoms. The molecule has 2 rings (SSSR count). The average Bonchev–Trinajstić information content (AvgIpc) is 2.82. The van der Waals surface area contributed by atoms with Crippen LogP contribution < -0.4 is 4.72 Å². The topological polar surface area (TPSA) is 84.2 Å². The van der Waals surface area contributed by atoms with Gasteiger partial charge in [0.1, 0.15) is 4.90 Å². The van der Waals surface area contributed by atoms with Crippen LogP contribution in [0, 0.1) is 5.92 Å². The molecule has 0 unspecified atom stereocenters. The number of aromatic nitrogens is 2. The largest absolute Gasteiger partial charge is 0.394 e. The summed E-state index contributed by atoms with van der Waals surface area (Å²) in [6.07, 6.45) is 6.69. The zero-order valence-corrected chi connectivity index (χ0v) is 11.9. The predicted molar refractivity (Wildman–Crippen MR) is 71.1 cm³/mol. The van der Waals surface area contributed by atoms with E-state index in [4.69, 9.17) is 5.11 Å². The van der Waals surface area contributed by atoms with Gasteiger partial charge in [0.05, 0.1) is 19.3 Å². The first-order valence-electron chi connectivity index (χ1n) is 6.67. The van der Waals surface area contributed by atoms with Gasteiger partial charge in [-0.05, 0) is 31.6 Å². The molecule has 0 aromatic carbocycles.